The van der Waals surface area contributed by atoms with E-state index in [2.05, 4.69) is 0 Å². The third kappa shape index (κ3) is 4.83. The number of likely N-dealkylation sites (tertiary alicyclic amines) is 1. The van der Waals surface area contributed by atoms with E-state index in [1.54, 1.807) is 13.8 Å². The van der Waals surface area contributed by atoms with Gasteiger partial charge in [0.25, 0.3) is 0 Å². The molecule has 2 aliphatic rings. The zero-order valence-electron chi connectivity index (χ0n) is 15.7. The van der Waals surface area contributed by atoms with E-state index < -0.39 is 13.3 Å². The lowest BCUT2D eigenvalue weighted by Crippen LogP contribution is -2.43. The van der Waals surface area contributed by atoms with E-state index in [-0.39, 0.29) is 68.1 Å². The van der Waals surface area contributed by atoms with Crippen LogP contribution in [-0.2, 0) is 28.2 Å². The molecule has 7 nitrogen and oxygen atoms in total. The van der Waals surface area contributed by atoms with E-state index in [9.17, 15) is 18.9 Å². The normalized spacial score (nSPS) is 27.3. The van der Waals surface area contributed by atoms with E-state index in [0.29, 0.717) is 6.42 Å². The number of rotatable bonds is 9. The number of esters is 1. The quantitative estimate of drug-likeness (QED) is 0.262. The van der Waals surface area contributed by atoms with Gasteiger partial charge in [-0.2, -0.15) is 0 Å². The van der Waals surface area contributed by atoms with E-state index in [4.69, 9.17) is 9.26 Å². The van der Waals surface area contributed by atoms with E-state index in [1.165, 1.54) is 4.90 Å². The Balaban J connectivity index is 2.03. The van der Waals surface area contributed by atoms with Crippen molar-refractivity contribution in [1.82, 2.24) is 4.90 Å². The summed E-state index contributed by atoms with van der Waals surface area (Å²) >= 11 is 0. The second-order valence-corrected chi connectivity index (χ2v) is 9.52. The molecule has 8 heteroatoms. The third-order valence-corrected chi connectivity index (χ3v) is 7.50. The van der Waals surface area contributed by atoms with Crippen LogP contribution in [0.5, 0.6) is 0 Å². The van der Waals surface area contributed by atoms with Crippen LogP contribution < -0.4 is 0 Å². The molecule has 1 fully saturated rings. The number of carbonyl (C=O) groups excluding carboxylic acids is 3. The maximum Gasteiger partial charge on any atom is 0.306 e. The average molecular weight is 385 g/mol. The molecular formula is C18H28NO6P. The summed E-state index contributed by atoms with van der Waals surface area (Å²) in [5.41, 5.74) is 0. The fourth-order valence-corrected chi connectivity index (χ4v) is 5.44. The van der Waals surface area contributed by atoms with Gasteiger partial charge in [0.15, 0.2) is 0 Å². The highest BCUT2D eigenvalue weighted by Crippen LogP contribution is 2.47. The molecule has 4 unspecified atom stereocenters. The molecule has 1 heterocycles. The van der Waals surface area contributed by atoms with Gasteiger partial charge >= 0.3 is 5.97 Å². The Bertz CT molecular complexity index is 631. The molecule has 1 aliphatic heterocycles. The summed E-state index contributed by atoms with van der Waals surface area (Å²) in [6.45, 7) is 5.83. The topological polar surface area (TPSA) is 90.0 Å². The van der Waals surface area contributed by atoms with Crippen molar-refractivity contribution in [2.75, 3.05) is 32.1 Å². The Morgan fingerprint density at radius 3 is 2.58 bits per heavy atom. The number of carbonyl (C=O) groups is 3. The van der Waals surface area contributed by atoms with Gasteiger partial charge in [-0.3, -0.25) is 23.8 Å². The minimum Gasteiger partial charge on any atom is -0.466 e. The molecule has 2 bridgehead atoms. The number of hydrogen-bond acceptors (Lipinski definition) is 6. The maximum atomic E-state index is 13.0. The second kappa shape index (κ2) is 8.96. The van der Waals surface area contributed by atoms with Gasteiger partial charge in [0.2, 0.25) is 19.2 Å². The van der Waals surface area contributed by atoms with Crippen molar-refractivity contribution in [2.45, 2.75) is 33.6 Å². The van der Waals surface area contributed by atoms with Gasteiger partial charge in [-0.1, -0.05) is 19.1 Å². The van der Waals surface area contributed by atoms with Gasteiger partial charge in [-0.05, 0) is 26.2 Å². The van der Waals surface area contributed by atoms with Crippen LogP contribution in [0.1, 0.15) is 33.6 Å². The molecule has 0 aromatic carbocycles. The summed E-state index contributed by atoms with van der Waals surface area (Å²) in [4.78, 5) is 38.1. The molecule has 1 saturated heterocycles. The molecule has 4 atom stereocenters. The largest absolute Gasteiger partial charge is 0.466 e. The van der Waals surface area contributed by atoms with Crippen LogP contribution in [0, 0.1) is 17.8 Å². The first kappa shape index (κ1) is 20.8. The number of allylic oxidation sites excluding steroid dienone is 1. The number of fused-ring (bicyclic) bond motifs is 2. The van der Waals surface area contributed by atoms with Crippen LogP contribution in [-0.4, -0.2) is 54.8 Å². The predicted octanol–water partition coefficient (Wildman–Crippen LogP) is 2.45. The number of ether oxygens (including phenoxy) is 1. The summed E-state index contributed by atoms with van der Waals surface area (Å²) in [6.07, 6.45) is 4.59. The summed E-state index contributed by atoms with van der Waals surface area (Å²) in [7, 11) is -3.13. The molecule has 2 amide bonds. The standard InChI is InChI=1S/C18H28NO6P/c1-4-24-16(20)8-10-26(23,25-5-2)11-9-19-17(21)13(3)14-6-7-15(12-14)18(19)22/h6-7,13-15H,4-5,8-12H2,1-3H3. The van der Waals surface area contributed by atoms with Gasteiger partial charge in [0.05, 0.1) is 25.6 Å². The second-order valence-electron chi connectivity index (χ2n) is 6.74. The van der Waals surface area contributed by atoms with E-state index >= 15 is 0 Å². The summed E-state index contributed by atoms with van der Waals surface area (Å²) in [5, 5.41) is 0. The number of amides is 2. The van der Waals surface area contributed by atoms with Crippen LogP contribution in [0.2, 0.25) is 0 Å². The van der Waals surface area contributed by atoms with Crippen LogP contribution in [0.15, 0.2) is 12.2 Å². The maximum absolute atomic E-state index is 13.0. The minimum absolute atomic E-state index is 0.00312. The fourth-order valence-electron chi connectivity index (χ4n) is 3.46. The lowest BCUT2D eigenvalue weighted by molar-refractivity contribution is -0.147. The highest BCUT2D eigenvalue weighted by atomic mass is 31.2. The lowest BCUT2D eigenvalue weighted by Gasteiger charge is -2.26. The molecule has 0 radical (unpaired) electrons. The third-order valence-electron chi connectivity index (χ3n) is 4.99. The molecule has 26 heavy (non-hydrogen) atoms. The van der Waals surface area contributed by atoms with Gasteiger partial charge in [-0.25, -0.2) is 0 Å². The van der Waals surface area contributed by atoms with Crippen LogP contribution in [0.25, 0.3) is 0 Å². The van der Waals surface area contributed by atoms with Gasteiger partial charge in [-0.15, -0.1) is 0 Å². The Labute approximate surface area is 154 Å². The average Bonchev–Trinajstić information content (AvgIpc) is 3.07. The molecule has 0 saturated carbocycles. The SMILES string of the molecule is CCOC(=O)CCP(=O)(CCN1C(=O)C2C=CC(C2)C(C)C1=O)OCC. The van der Waals surface area contributed by atoms with Crippen molar-refractivity contribution >= 4 is 25.2 Å². The Kier molecular flexibility index (Phi) is 7.18. The molecule has 0 N–H and O–H groups in total. The molecule has 2 rings (SSSR count). The van der Waals surface area contributed by atoms with Crippen molar-refractivity contribution in [3.05, 3.63) is 12.2 Å². The Morgan fingerprint density at radius 2 is 1.92 bits per heavy atom. The highest BCUT2D eigenvalue weighted by molar-refractivity contribution is 7.59. The molecule has 0 aromatic rings. The zero-order chi connectivity index (χ0) is 19.3. The Morgan fingerprint density at radius 1 is 1.19 bits per heavy atom. The molecule has 146 valence electrons. The zero-order valence-corrected chi connectivity index (χ0v) is 16.6. The van der Waals surface area contributed by atoms with Crippen LogP contribution in [0.3, 0.4) is 0 Å². The monoisotopic (exact) mass is 385 g/mol. The minimum atomic E-state index is -3.13. The smallest absolute Gasteiger partial charge is 0.306 e. The van der Waals surface area contributed by atoms with Gasteiger partial charge in [0, 0.05) is 24.8 Å². The highest BCUT2D eigenvalue weighted by Gasteiger charge is 2.42. The molecular weight excluding hydrogens is 357 g/mol. The van der Waals surface area contributed by atoms with Gasteiger partial charge in [0.1, 0.15) is 0 Å². The van der Waals surface area contributed by atoms with Gasteiger partial charge < -0.3 is 9.26 Å². The van der Waals surface area contributed by atoms with Crippen molar-refractivity contribution in [3.8, 4) is 0 Å². The fraction of sp³-hybridized carbons (Fsp3) is 0.722. The Hall–Kier alpha value is -1.46. The summed E-state index contributed by atoms with van der Waals surface area (Å²) in [5.74, 6) is -1.34. The van der Waals surface area contributed by atoms with E-state index in [0.717, 1.165) is 0 Å². The number of nitrogens with zero attached hydrogens (tertiary/aromatic N) is 1. The molecule has 1 aliphatic carbocycles. The van der Waals surface area contributed by atoms with Crippen molar-refractivity contribution in [1.29, 1.82) is 0 Å². The van der Waals surface area contributed by atoms with E-state index in [1.807, 2.05) is 19.1 Å². The van der Waals surface area contributed by atoms with Crippen molar-refractivity contribution in [3.63, 3.8) is 0 Å². The first-order valence-electron chi connectivity index (χ1n) is 9.23. The first-order chi connectivity index (χ1) is 12.3. The van der Waals surface area contributed by atoms with Crippen LogP contribution >= 0.6 is 7.37 Å². The van der Waals surface area contributed by atoms with Crippen LogP contribution in [0.4, 0.5) is 0 Å². The number of hydrogen-bond donors (Lipinski definition) is 0. The summed E-state index contributed by atoms with van der Waals surface area (Å²) < 4.78 is 23.3. The lowest BCUT2D eigenvalue weighted by atomic mass is 9.92. The first-order valence-corrected chi connectivity index (χ1v) is 11.2. The van der Waals surface area contributed by atoms with Crippen molar-refractivity contribution in [2.24, 2.45) is 17.8 Å². The molecule has 0 aromatic heterocycles. The number of imide groups is 1. The molecule has 0 spiro atoms. The van der Waals surface area contributed by atoms with Crippen molar-refractivity contribution < 1.29 is 28.2 Å². The predicted molar refractivity (Wildman–Crippen MR) is 96.8 cm³/mol. The summed E-state index contributed by atoms with van der Waals surface area (Å²) in [6, 6.07) is 0.